The van der Waals surface area contributed by atoms with Gasteiger partial charge in [-0.1, -0.05) is 12.1 Å². The highest BCUT2D eigenvalue weighted by molar-refractivity contribution is 6.05. The Bertz CT molecular complexity index is 562. The number of urea groups is 1. The van der Waals surface area contributed by atoms with Gasteiger partial charge in [0.25, 0.3) is 0 Å². The third-order valence-electron chi connectivity index (χ3n) is 3.55. The Kier molecular flexibility index (Phi) is 4.62. The maximum Gasteiger partial charge on any atom is 0.321 e. The lowest BCUT2D eigenvalue weighted by molar-refractivity contribution is 0.182. The normalized spacial score (nSPS) is 19.4. The minimum Gasteiger partial charge on any atom is -0.409 e. The second-order valence-corrected chi connectivity index (χ2v) is 5.30. The summed E-state index contributed by atoms with van der Waals surface area (Å²) in [4.78, 5) is 14.0. The van der Waals surface area contributed by atoms with Gasteiger partial charge in [-0.3, -0.25) is 0 Å². The largest absolute Gasteiger partial charge is 0.409 e. The summed E-state index contributed by atoms with van der Waals surface area (Å²) in [7, 11) is 0. The van der Waals surface area contributed by atoms with Gasteiger partial charge in [0, 0.05) is 18.7 Å². The number of hydrogen-bond acceptors (Lipinski definition) is 3. The first kappa shape index (κ1) is 15.1. The van der Waals surface area contributed by atoms with Crippen molar-refractivity contribution in [1.29, 1.82) is 0 Å². The fraction of sp³-hybridized carbons (Fsp3) is 0.429. The summed E-state index contributed by atoms with van der Waals surface area (Å²) in [6.07, 6.45) is 2.07. The first-order valence-electron chi connectivity index (χ1n) is 6.84. The Labute approximate surface area is 122 Å². The van der Waals surface area contributed by atoms with Gasteiger partial charge in [0.1, 0.15) is 5.82 Å². The molecule has 1 atom stereocenters. The highest BCUT2D eigenvalue weighted by atomic mass is 19.1. The van der Waals surface area contributed by atoms with Crippen molar-refractivity contribution in [3.8, 4) is 0 Å². The number of piperidine rings is 1. The Hall–Kier alpha value is -2.31. The van der Waals surface area contributed by atoms with Crippen LogP contribution in [0, 0.1) is 11.7 Å². The van der Waals surface area contributed by atoms with Gasteiger partial charge >= 0.3 is 6.03 Å². The van der Waals surface area contributed by atoms with Crippen LogP contribution in [0.3, 0.4) is 0 Å². The lowest BCUT2D eigenvalue weighted by Gasteiger charge is -2.31. The molecule has 0 bridgehead atoms. The molecule has 2 amide bonds. The minimum atomic E-state index is -0.527. The fourth-order valence-electron chi connectivity index (χ4n) is 2.46. The number of oxime groups is 1. The summed E-state index contributed by atoms with van der Waals surface area (Å²) >= 11 is 0. The van der Waals surface area contributed by atoms with Crippen LogP contribution in [0.5, 0.6) is 0 Å². The predicted molar refractivity (Wildman–Crippen MR) is 77.9 cm³/mol. The van der Waals surface area contributed by atoms with Crippen LogP contribution >= 0.6 is 0 Å². The Balaban J connectivity index is 2.17. The molecule has 1 aliphatic heterocycles. The molecule has 2 rings (SSSR count). The van der Waals surface area contributed by atoms with E-state index in [-0.39, 0.29) is 17.4 Å². The number of halogens is 1. The highest BCUT2D eigenvalue weighted by Gasteiger charge is 2.22. The van der Waals surface area contributed by atoms with E-state index in [1.807, 2.05) is 0 Å². The molecule has 21 heavy (non-hydrogen) atoms. The first-order valence-corrected chi connectivity index (χ1v) is 6.84. The van der Waals surface area contributed by atoms with Gasteiger partial charge in [-0.2, -0.15) is 0 Å². The average molecular weight is 294 g/mol. The number of nitrogens with two attached hydrogens (primary N) is 1. The van der Waals surface area contributed by atoms with E-state index in [1.165, 1.54) is 12.1 Å². The lowest BCUT2D eigenvalue weighted by atomic mass is 10.0. The maximum absolute atomic E-state index is 13.3. The molecule has 0 aromatic heterocycles. The Morgan fingerprint density at radius 2 is 2.33 bits per heavy atom. The molecule has 1 aromatic rings. The number of carbonyl (C=O) groups excluding carboxylic acids is 1. The van der Waals surface area contributed by atoms with Crippen molar-refractivity contribution in [2.75, 3.05) is 18.4 Å². The van der Waals surface area contributed by atoms with E-state index in [0.717, 1.165) is 18.9 Å². The van der Waals surface area contributed by atoms with Crippen LogP contribution in [0.2, 0.25) is 0 Å². The smallest absolute Gasteiger partial charge is 0.321 e. The average Bonchev–Trinajstić information content (AvgIpc) is 2.48. The van der Waals surface area contributed by atoms with E-state index in [4.69, 9.17) is 10.9 Å². The quantitative estimate of drug-likeness (QED) is 0.338. The zero-order valence-electron chi connectivity index (χ0n) is 11.8. The molecule has 1 unspecified atom stereocenters. The van der Waals surface area contributed by atoms with Crippen LogP contribution in [0.4, 0.5) is 14.9 Å². The number of amides is 2. The van der Waals surface area contributed by atoms with Gasteiger partial charge in [-0.05, 0) is 37.0 Å². The van der Waals surface area contributed by atoms with Crippen molar-refractivity contribution in [1.82, 2.24) is 4.90 Å². The van der Waals surface area contributed by atoms with Crippen molar-refractivity contribution >= 4 is 17.6 Å². The van der Waals surface area contributed by atoms with E-state index < -0.39 is 5.82 Å². The second-order valence-electron chi connectivity index (χ2n) is 5.30. The molecule has 1 aromatic carbocycles. The van der Waals surface area contributed by atoms with Crippen LogP contribution in [-0.2, 0) is 0 Å². The highest BCUT2D eigenvalue weighted by Crippen LogP contribution is 2.20. The molecule has 1 heterocycles. The number of anilines is 1. The van der Waals surface area contributed by atoms with Crippen molar-refractivity contribution in [2.45, 2.75) is 19.8 Å². The number of rotatable bonds is 2. The van der Waals surface area contributed by atoms with Gasteiger partial charge in [0.15, 0.2) is 5.84 Å². The molecule has 1 saturated heterocycles. The number of nitrogens with one attached hydrogen (secondary N) is 1. The summed E-state index contributed by atoms with van der Waals surface area (Å²) in [5.41, 5.74) is 5.97. The predicted octanol–water partition coefficient (Wildman–Crippen LogP) is 2.18. The molecule has 0 saturated carbocycles. The Morgan fingerprint density at radius 1 is 1.57 bits per heavy atom. The first-order chi connectivity index (χ1) is 10.0. The number of likely N-dealkylation sites (tertiary alicyclic amines) is 1. The molecule has 0 aliphatic carbocycles. The molecule has 114 valence electrons. The fourth-order valence-corrected chi connectivity index (χ4v) is 2.46. The standard InChI is InChI=1S/C14H19FN4O2/c1-9-3-2-6-19(8-9)14(20)17-12-5-4-10(15)7-11(12)13(16)18-21/h4-5,7,9,21H,2-3,6,8H2,1H3,(H2,16,18)(H,17,20). The van der Waals surface area contributed by atoms with Gasteiger partial charge in [-0.25, -0.2) is 9.18 Å². The van der Waals surface area contributed by atoms with Crippen LogP contribution in [0.1, 0.15) is 25.3 Å². The van der Waals surface area contributed by atoms with Crippen molar-refractivity contribution < 1.29 is 14.4 Å². The molecule has 1 fully saturated rings. The Morgan fingerprint density at radius 3 is 3.00 bits per heavy atom. The second kappa shape index (κ2) is 6.43. The summed E-state index contributed by atoms with van der Waals surface area (Å²) in [6, 6.07) is 3.46. The zero-order chi connectivity index (χ0) is 15.4. The topological polar surface area (TPSA) is 91.0 Å². The van der Waals surface area contributed by atoms with E-state index in [9.17, 15) is 9.18 Å². The number of carbonyl (C=O) groups is 1. The zero-order valence-corrected chi connectivity index (χ0v) is 11.8. The minimum absolute atomic E-state index is 0.149. The molecular weight excluding hydrogens is 275 g/mol. The van der Waals surface area contributed by atoms with Gasteiger partial charge < -0.3 is 21.2 Å². The van der Waals surface area contributed by atoms with Crippen molar-refractivity contribution in [3.63, 3.8) is 0 Å². The lowest BCUT2D eigenvalue weighted by Crippen LogP contribution is -2.41. The van der Waals surface area contributed by atoms with Crippen molar-refractivity contribution in [3.05, 3.63) is 29.6 Å². The monoisotopic (exact) mass is 294 g/mol. The van der Waals surface area contributed by atoms with Gasteiger partial charge in [-0.15, -0.1) is 0 Å². The SMILES string of the molecule is CC1CCCN(C(=O)Nc2ccc(F)cc2/C(N)=N/O)C1. The summed E-state index contributed by atoms with van der Waals surface area (Å²) in [5, 5.41) is 14.3. The molecular formula is C14H19FN4O2. The van der Waals surface area contributed by atoms with Gasteiger partial charge in [0.2, 0.25) is 0 Å². The van der Waals surface area contributed by atoms with E-state index in [0.29, 0.717) is 24.7 Å². The van der Waals surface area contributed by atoms with Crippen LogP contribution in [-0.4, -0.2) is 35.1 Å². The molecule has 6 nitrogen and oxygen atoms in total. The maximum atomic E-state index is 13.3. The molecule has 1 aliphatic rings. The van der Waals surface area contributed by atoms with E-state index >= 15 is 0 Å². The van der Waals surface area contributed by atoms with Crippen molar-refractivity contribution in [2.24, 2.45) is 16.8 Å². The summed E-state index contributed by atoms with van der Waals surface area (Å²) in [5.74, 6) is -0.320. The third kappa shape index (κ3) is 3.62. The molecule has 4 N–H and O–H groups in total. The van der Waals surface area contributed by atoms with Crippen LogP contribution in [0.15, 0.2) is 23.4 Å². The summed E-state index contributed by atoms with van der Waals surface area (Å²) < 4.78 is 13.3. The number of benzene rings is 1. The van der Waals surface area contributed by atoms with Gasteiger partial charge in [0.05, 0.1) is 5.69 Å². The number of nitrogens with zero attached hydrogens (tertiary/aromatic N) is 2. The molecule has 0 spiro atoms. The van der Waals surface area contributed by atoms with E-state index in [1.54, 1.807) is 4.90 Å². The third-order valence-corrected chi connectivity index (χ3v) is 3.55. The summed E-state index contributed by atoms with van der Waals surface area (Å²) in [6.45, 7) is 3.47. The molecule has 0 radical (unpaired) electrons. The van der Waals surface area contributed by atoms with E-state index in [2.05, 4.69) is 17.4 Å². The number of amidine groups is 1. The molecule has 7 heteroatoms. The number of hydrogen-bond donors (Lipinski definition) is 3. The van der Waals surface area contributed by atoms with Crippen LogP contribution < -0.4 is 11.1 Å². The van der Waals surface area contributed by atoms with Crippen LogP contribution in [0.25, 0.3) is 0 Å².